The molecular formula is C23H36N6O6S. The molecule has 12 nitrogen and oxygen atoms in total. The van der Waals surface area contributed by atoms with Gasteiger partial charge in [0, 0.05) is 32.2 Å². The highest BCUT2D eigenvalue weighted by atomic mass is 32.2. The first-order valence-electron chi connectivity index (χ1n) is 12.2. The number of nitrogens with zero attached hydrogens (tertiary/aromatic N) is 5. The molecule has 0 unspecified atom stereocenters. The van der Waals surface area contributed by atoms with E-state index in [0.29, 0.717) is 63.0 Å². The summed E-state index contributed by atoms with van der Waals surface area (Å²) in [5.41, 5.74) is -1.72. The maximum absolute atomic E-state index is 13.5. The van der Waals surface area contributed by atoms with Gasteiger partial charge in [0.05, 0.1) is 18.5 Å². The summed E-state index contributed by atoms with van der Waals surface area (Å²) in [5, 5.41) is 3.28. The molecule has 0 radical (unpaired) electrons. The van der Waals surface area contributed by atoms with Gasteiger partial charge >= 0.3 is 6.09 Å². The highest BCUT2D eigenvalue weighted by molar-refractivity contribution is 7.88. The van der Waals surface area contributed by atoms with E-state index in [0.717, 1.165) is 0 Å². The fourth-order valence-corrected chi connectivity index (χ4v) is 5.55. The lowest BCUT2D eigenvalue weighted by Gasteiger charge is -2.40. The quantitative estimate of drug-likeness (QED) is 0.626. The minimum Gasteiger partial charge on any atom is -0.472 e. The van der Waals surface area contributed by atoms with Gasteiger partial charge in [-0.05, 0) is 53.9 Å². The normalized spacial score (nSPS) is 23.3. The zero-order valence-electron chi connectivity index (χ0n) is 21.8. The first kappa shape index (κ1) is 26.4. The van der Waals surface area contributed by atoms with Crippen molar-refractivity contribution in [2.45, 2.75) is 77.2 Å². The van der Waals surface area contributed by atoms with Crippen LogP contribution < -0.4 is 15.0 Å². The molecular weight excluding hydrogens is 488 g/mol. The number of rotatable bonds is 4. The highest BCUT2D eigenvalue weighted by Gasteiger charge is 2.47. The van der Waals surface area contributed by atoms with E-state index in [4.69, 9.17) is 9.47 Å². The van der Waals surface area contributed by atoms with Gasteiger partial charge in [-0.25, -0.2) is 22.5 Å². The Kier molecular flexibility index (Phi) is 6.84. The number of ether oxygens (including phenoxy) is 2. The Morgan fingerprint density at radius 2 is 1.86 bits per heavy atom. The maximum Gasteiger partial charge on any atom is 0.410 e. The molecule has 1 aromatic rings. The maximum atomic E-state index is 13.5. The Hall–Kier alpha value is -2.67. The van der Waals surface area contributed by atoms with Gasteiger partial charge in [0.2, 0.25) is 16.0 Å². The number of carbonyl (C=O) groups excluding carboxylic acids is 2. The summed E-state index contributed by atoms with van der Waals surface area (Å²) in [4.78, 5) is 38.3. The summed E-state index contributed by atoms with van der Waals surface area (Å²) in [7, 11) is -3.21. The van der Waals surface area contributed by atoms with Crippen LogP contribution in [0.3, 0.4) is 0 Å². The van der Waals surface area contributed by atoms with Gasteiger partial charge in [0.15, 0.2) is 17.2 Å². The number of nitrogens with one attached hydrogen (secondary N) is 1. The smallest absolute Gasteiger partial charge is 0.410 e. The van der Waals surface area contributed by atoms with Crippen molar-refractivity contribution in [2.75, 3.05) is 42.7 Å². The van der Waals surface area contributed by atoms with Crippen LogP contribution in [0.5, 0.6) is 5.75 Å². The van der Waals surface area contributed by atoms with Crippen molar-refractivity contribution in [1.82, 2.24) is 19.2 Å². The van der Waals surface area contributed by atoms with Crippen LogP contribution in [-0.4, -0.2) is 95.3 Å². The van der Waals surface area contributed by atoms with Gasteiger partial charge in [-0.3, -0.25) is 9.69 Å². The molecule has 4 heterocycles. The third-order valence-electron chi connectivity index (χ3n) is 6.50. The Balaban J connectivity index is 1.52. The predicted octanol–water partition coefficient (Wildman–Crippen LogP) is 1.83. The molecule has 1 N–H and O–H groups in total. The molecule has 2 amide bonds. The van der Waals surface area contributed by atoms with Crippen molar-refractivity contribution < 1.29 is 27.5 Å². The minimum atomic E-state index is -3.21. The number of piperidine rings is 1. The van der Waals surface area contributed by atoms with Crippen molar-refractivity contribution >= 4 is 33.8 Å². The minimum absolute atomic E-state index is 0.000270. The molecule has 0 spiro atoms. The standard InChI is InChI=1S/C23H36N6O6S/c1-22(2,3)35-21(31)27-10-9-16(14-27)29-18-17(34-23(4,5)19(29)30)13-24-20(26-18)25-15-7-11-28(12-8-15)36(6,32)33/h13,15-16H,7-12,14H2,1-6H3,(H,24,25,26)/t16-/m0/s1. The molecule has 13 heteroatoms. The molecule has 0 saturated carbocycles. The summed E-state index contributed by atoms with van der Waals surface area (Å²) in [6.07, 6.45) is 4.18. The van der Waals surface area contributed by atoms with Crippen LogP contribution in [0.1, 0.15) is 53.9 Å². The van der Waals surface area contributed by atoms with E-state index in [-0.39, 0.29) is 18.0 Å². The second kappa shape index (κ2) is 9.33. The molecule has 2 saturated heterocycles. The Morgan fingerprint density at radius 3 is 2.47 bits per heavy atom. The molecule has 0 aromatic carbocycles. The number of fused-ring (bicyclic) bond motifs is 1. The lowest BCUT2D eigenvalue weighted by Crippen LogP contribution is -2.57. The molecule has 4 rings (SSSR count). The zero-order chi connectivity index (χ0) is 26.5. The average molecular weight is 525 g/mol. The zero-order valence-corrected chi connectivity index (χ0v) is 22.6. The molecule has 3 aliphatic rings. The van der Waals surface area contributed by atoms with Gasteiger partial charge in [0.25, 0.3) is 5.91 Å². The second-order valence-corrected chi connectivity index (χ2v) is 13.1. The number of hydrogen-bond acceptors (Lipinski definition) is 9. The first-order chi connectivity index (χ1) is 16.6. The Labute approximate surface area is 212 Å². The van der Waals surface area contributed by atoms with Gasteiger partial charge in [-0.2, -0.15) is 4.98 Å². The van der Waals surface area contributed by atoms with E-state index in [1.165, 1.54) is 10.6 Å². The number of sulfonamides is 1. The van der Waals surface area contributed by atoms with Crippen LogP contribution in [-0.2, 0) is 19.6 Å². The fraction of sp³-hybridized carbons (Fsp3) is 0.739. The van der Waals surface area contributed by atoms with Crippen molar-refractivity contribution in [2.24, 2.45) is 0 Å². The largest absolute Gasteiger partial charge is 0.472 e. The number of likely N-dealkylation sites (tertiary alicyclic amines) is 1. The lowest BCUT2D eigenvalue weighted by atomic mass is 10.0. The van der Waals surface area contributed by atoms with Gasteiger partial charge in [-0.1, -0.05) is 0 Å². The van der Waals surface area contributed by atoms with E-state index in [9.17, 15) is 18.0 Å². The molecule has 2 fully saturated rings. The van der Waals surface area contributed by atoms with Crippen LogP contribution >= 0.6 is 0 Å². The van der Waals surface area contributed by atoms with E-state index in [1.54, 1.807) is 29.8 Å². The summed E-state index contributed by atoms with van der Waals surface area (Å²) in [6, 6.07) is -0.284. The SMILES string of the molecule is CC(C)(C)OC(=O)N1CC[C@H](N2C(=O)C(C)(C)Oc3cnc(NC4CCN(S(C)(=O)=O)CC4)nc32)C1. The average Bonchev–Trinajstić information content (AvgIpc) is 3.23. The monoisotopic (exact) mass is 524 g/mol. The third-order valence-corrected chi connectivity index (χ3v) is 7.80. The lowest BCUT2D eigenvalue weighted by molar-refractivity contribution is -0.133. The molecule has 3 aliphatic heterocycles. The molecule has 1 atom stereocenters. The van der Waals surface area contributed by atoms with E-state index < -0.39 is 27.3 Å². The Bertz CT molecular complexity index is 1130. The topological polar surface area (TPSA) is 134 Å². The number of hydrogen-bond donors (Lipinski definition) is 1. The van der Waals surface area contributed by atoms with Gasteiger partial charge < -0.3 is 19.7 Å². The summed E-state index contributed by atoms with van der Waals surface area (Å²) >= 11 is 0. The van der Waals surface area contributed by atoms with Gasteiger partial charge in [0.1, 0.15) is 5.60 Å². The molecule has 0 bridgehead atoms. The van der Waals surface area contributed by atoms with Crippen LogP contribution in [0.2, 0.25) is 0 Å². The van der Waals surface area contributed by atoms with Crippen LogP contribution in [0.4, 0.5) is 16.6 Å². The highest BCUT2D eigenvalue weighted by Crippen LogP contribution is 2.39. The second-order valence-electron chi connectivity index (χ2n) is 11.1. The number of amides is 2. The van der Waals surface area contributed by atoms with Crippen LogP contribution in [0, 0.1) is 0 Å². The molecule has 0 aliphatic carbocycles. The van der Waals surface area contributed by atoms with Crippen molar-refractivity contribution in [3.63, 3.8) is 0 Å². The van der Waals surface area contributed by atoms with Crippen LogP contribution in [0.25, 0.3) is 0 Å². The van der Waals surface area contributed by atoms with E-state index >= 15 is 0 Å². The summed E-state index contributed by atoms with van der Waals surface area (Å²) in [5.74, 6) is 0.862. The third kappa shape index (κ3) is 5.66. The van der Waals surface area contributed by atoms with Crippen LogP contribution in [0.15, 0.2) is 6.20 Å². The molecule has 200 valence electrons. The summed E-state index contributed by atoms with van der Waals surface area (Å²) < 4.78 is 36.5. The number of aromatic nitrogens is 2. The van der Waals surface area contributed by atoms with Crippen molar-refractivity contribution in [3.05, 3.63) is 6.20 Å². The Morgan fingerprint density at radius 1 is 1.19 bits per heavy atom. The summed E-state index contributed by atoms with van der Waals surface area (Å²) in [6.45, 7) is 10.5. The number of anilines is 2. The number of carbonyl (C=O) groups is 2. The van der Waals surface area contributed by atoms with Crippen molar-refractivity contribution in [1.29, 1.82) is 0 Å². The first-order valence-corrected chi connectivity index (χ1v) is 14.1. The van der Waals surface area contributed by atoms with Crippen molar-refractivity contribution in [3.8, 4) is 5.75 Å². The molecule has 36 heavy (non-hydrogen) atoms. The predicted molar refractivity (Wildman–Crippen MR) is 133 cm³/mol. The molecule has 1 aromatic heterocycles. The van der Waals surface area contributed by atoms with E-state index in [2.05, 4.69) is 15.3 Å². The fourth-order valence-electron chi connectivity index (χ4n) is 4.68. The van der Waals surface area contributed by atoms with E-state index in [1.807, 2.05) is 20.8 Å². The van der Waals surface area contributed by atoms with Gasteiger partial charge in [-0.15, -0.1) is 0 Å².